The van der Waals surface area contributed by atoms with Crippen LogP contribution in [0.1, 0.15) is 24.0 Å². The van der Waals surface area contributed by atoms with Crippen molar-refractivity contribution in [2.75, 3.05) is 25.4 Å². The zero-order valence-electron chi connectivity index (χ0n) is 15.8. The lowest BCUT2D eigenvalue weighted by atomic mass is 10.1. The summed E-state index contributed by atoms with van der Waals surface area (Å²) in [5.41, 5.74) is 2.23. The van der Waals surface area contributed by atoms with Crippen molar-refractivity contribution in [3.05, 3.63) is 77.9 Å². The summed E-state index contributed by atoms with van der Waals surface area (Å²) < 4.78 is 51.5. The van der Waals surface area contributed by atoms with Crippen LogP contribution >= 0.6 is 0 Å². The molecule has 1 saturated heterocycles. The first kappa shape index (κ1) is 20.7. The molecule has 28 heavy (non-hydrogen) atoms. The summed E-state index contributed by atoms with van der Waals surface area (Å²) in [5.74, 6) is -0.691. The fourth-order valence-corrected chi connectivity index (χ4v) is 5.38. The second-order valence-electron chi connectivity index (χ2n) is 7.34. The summed E-state index contributed by atoms with van der Waals surface area (Å²) in [6.45, 7) is 6.17. The van der Waals surface area contributed by atoms with Crippen molar-refractivity contribution < 1.29 is 17.2 Å². The molecule has 2 aromatic carbocycles. The van der Waals surface area contributed by atoms with Crippen molar-refractivity contribution in [1.82, 2.24) is 4.90 Å². The molecule has 1 aliphatic rings. The number of rotatable bonds is 7. The van der Waals surface area contributed by atoms with Crippen molar-refractivity contribution >= 4 is 15.4 Å². The average Bonchev–Trinajstić information content (AvgIpc) is 2.68. The van der Waals surface area contributed by atoms with Gasteiger partial charge < -0.3 is 4.90 Å². The predicted octanol–water partition coefficient (Wildman–Crippen LogP) is 4.10. The van der Waals surface area contributed by atoms with Crippen molar-refractivity contribution in [2.45, 2.75) is 24.5 Å². The van der Waals surface area contributed by atoms with Gasteiger partial charge in [0.05, 0.1) is 11.0 Å². The fourth-order valence-electron chi connectivity index (χ4n) is 3.56. The van der Waals surface area contributed by atoms with Crippen LogP contribution in [0.3, 0.4) is 0 Å². The van der Waals surface area contributed by atoms with Gasteiger partial charge in [0, 0.05) is 6.54 Å². The second-order valence-corrected chi connectivity index (χ2v) is 9.62. The van der Waals surface area contributed by atoms with E-state index in [2.05, 4.69) is 11.5 Å². The van der Waals surface area contributed by atoms with E-state index in [-0.39, 0.29) is 22.6 Å². The quantitative estimate of drug-likeness (QED) is 0.696. The molecule has 0 aliphatic carbocycles. The monoisotopic (exact) mass is 405 g/mol. The number of benzene rings is 2. The number of sulfone groups is 1. The maximum atomic E-state index is 13.0. The molecular formula is C22H25F2NO2S. The van der Waals surface area contributed by atoms with Gasteiger partial charge in [0.25, 0.3) is 0 Å². The zero-order valence-corrected chi connectivity index (χ0v) is 16.6. The van der Waals surface area contributed by atoms with E-state index in [0.717, 1.165) is 31.6 Å². The Morgan fingerprint density at radius 2 is 1.50 bits per heavy atom. The van der Waals surface area contributed by atoms with Gasteiger partial charge in [-0.2, -0.15) is 0 Å². The Kier molecular flexibility index (Phi) is 6.62. The Morgan fingerprint density at radius 1 is 0.964 bits per heavy atom. The number of hydrogen-bond acceptors (Lipinski definition) is 3. The number of piperidine rings is 1. The largest absolute Gasteiger partial charge is 0.303 e. The van der Waals surface area contributed by atoms with Gasteiger partial charge in [0.1, 0.15) is 11.6 Å². The molecule has 1 fully saturated rings. The van der Waals surface area contributed by atoms with Crippen LogP contribution in [-0.2, 0) is 16.3 Å². The van der Waals surface area contributed by atoms with Crippen LogP contribution in [0.15, 0.2) is 55.1 Å². The number of hydrogen-bond donors (Lipinski definition) is 0. The Morgan fingerprint density at radius 3 is 2.07 bits per heavy atom. The zero-order chi connectivity index (χ0) is 20.1. The highest BCUT2D eigenvalue weighted by Crippen LogP contribution is 2.23. The van der Waals surface area contributed by atoms with Gasteiger partial charge >= 0.3 is 0 Å². The lowest BCUT2D eigenvalue weighted by molar-refractivity contribution is 0.232. The van der Waals surface area contributed by atoms with E-state index < -0.39 is 9.84 Å². The Labute approximate surface area is 165 Å². The maximum Gasteiger partial charge on any atom is 0.157 e. The van der Waals surface area contributed by atoms with Gasteiger partial charge in [0.15, 0.2) is 9.84 Å². The summed E-state index contributed by atoms with van der Waals surface area (Å²) in [7, 11) is -3.30. The normalized spacial score (nSPS) is 16.2. The molecule has 1 aliphatic heterocycles. The predicted molar refractivity (Wildman–Crippen MR) is 109 cm³/mol. The molecule has 3 rings (SSSR count). The highest BCUT2D eigenvalue weighted by atomic mass is 32.2. The fraction of sp³-hybridized carbons (Fsp3) is 0.364. The van der Waals surface area contributed by atoms with Crippen LogP contribution in [0.25, 0.3) is 5.57 Å². The molecule has 0 amide bonds. The van der Waals surface area contributed by atoms with E-state index in [1.54, 1.807) is 24.3 Å². The van der Waals surface area contributed by atoms with Gasteiger partial charge in [-0.1, -0.05) is 30.8 Å². The number of halogens is 2. The highest BCUT2D eigenvalue weighted by molar-refractivity contribution is 7.92. The lowest BCUT2D eigenvalue weighted by Gasteiger charge is -2.31. The molecule has 0 saturated carbocycles. The van der Waals surface area contributed by atoms with Gasteiger partial charge in [-0.05, 0) is 73.3 Å². The molecule has 0 atom stereocenters. The molecule has 1 heterocycles. The molecule has 2 aromatic rings. The van der Waals surface area contributed by atoms with Crippen LogP contribution < -0.4 is 0 Å². The molecular weight excluding hydrogens is 380 g/mol. The van der Waals surface area contributed by atoms with Crippen LogP contribution in [-0.4, -0.2) is 44.0 Å². The third-order valence-electron chi connectivity index (χ3n) is 5.30. The van der Waals surface area contributed by atoms with Crippen LogP contribution in [0, 0.1) is 11.6 Å². The summed E-state index contributed by atoms with van der Waals surface area (Å²) in [6.07, 6.45) is 2.02. The van der Waals surface area contributed by atoms with Gasteiger partial charge in [-0.25, -0.2) is 17.2 Å². The third kappa shape index (κ3) is 5.49. The molecule has 6 heteroatoms. The van der Waals surface area contributed by atoms with Gasteiger partial charge in [-0.3, -0.25) is 0 Å². The molecule has 0 spiro atoms. The van der Waals surface area contributed by atoms with E-state index in [4.69, 9.17) is 0 Å². The van der Waals surface area contributed by atoms with Crippen molar-refractivity contribution in [1.29, 1.82) is 0 Å². The first-order chi connectivity index (χ1) is 13.3. The lowest BCUT2D eigenvalue weighted by Crippen LogP contribution is -2.40. The highest BCUT2D eigenvalue weighted by Gasteiger charge is 2.30. The van der Waals surface area contributed by atoms with E-state index in [0.29, 0.717) is 24.0 Å². The topological polar surface area (TPSA) is 37.4 Å². The van der Waals surface area contributed by atoms with Crippen LogP contribution in [0.4, 0.5) is 8.78 Å². The molecule has 150 valence electrons. The first-order valence-electron chi connectivity index (χ1n) is 9.45. The van der Waals surface area contributed by atoms with Crippen molar-refractivity contribution in [3.8, 4) is 0 Å². The van der Waals surface area contributed by atoms with Crippen molar-refractivity contribution in [3.63, 3.8) is 0 Å². The molecule has 0 aromatic heterocycles. The molecule has 0 bridgehead atoms. The van der Waals surface area contributed by atoms with Crippen LogP contribution in [0.5, 0.6) is 0 Å². The minimum Gasteiger partial charge on any atom is -0.303 e. The van der Waals surface area contributed by atoms with E-state index >= 15 is 0 Å². The summed E-state index contributed by atoms with van der Waals surface area (Å²) in [5, 5.41) is -0.369. The smallest absolute Gasteiger partial charge is 0.157 e. The SMILES string of the molecule is C=C(CS(=O)(=O)C1CCN(CCc2ccc(F)cc2)CC1)c1ccc(F)cc1. The molecule has 0 radical (unpaired) electrons. The Balaban J connectivity index is 1.49. The molecule has 0 N–H and O–H groups in total. The molecule has 0 unspecified atom stereocenters. The standard InChI is InChI=1S/C22H25F2NO2S/c1-17(19-4-8-21(24)9-5-19)16-28(26,27)22-11-14-25(15-12-22)13-10-18-2-6-20(23)7-3-18/h2-9,22H,1,10-16H2. The summed E-state index contributed by atoms with van der Waals surface area (Å²) in [4.78, 5) is 2.25. The Hall–Kier alpha value is -2.05. The first-order valence-corrected chi connectivity index (χ1v) is 11.2. The number of likely N-dealkylation sites (tertiary alicyclic amines) is 1. The van der Waals surface area contributed by atoms with Gasteiger partial charge in [-0.15, -0.1) is 0 Å². The maximum absolute atomic E-state index is 13.0. The van der Waals surface area contributed by atoms with Crippen LogP contribution in [0.2, 0.25) is 0 Å². The minimum absolute atomic E-state index is 0.0983. The summed E-state index contributed by atoms with van der Waals surface area (Å²) in [6, 6.07) is 12.2. The third-order valence-corrected chi connectivity index (χ3v) is 7.54. The number of nitrogens with zero attached hydrogens (tertiary/aromatic N) is 1. The Bertz CT molecular complexity index is 901. The average molecular weight is 406 g/mol. The molecule has 3 nitrogen and oxygen atoms in total. The van der Waals surface area contributed by atoms with Crippen molar-refractivity contribution in [2.24, 2.45) is 0 Å². The van der Waals surface area contributed by atoms with E-state index in [1.807, 2.05) is 0 Å². The van der Waals surface area contributed by atoms with E-state index in [9.17, 15) is 17.2 Å². The van der Waals surface area contributed by atoms with E-state index in [1.165, 1.54) is 24.3 Å². The summed E-state index contributed by atoms with van der Waals surface area (Å²) >= 11 is 0. The second kappa shape index (κ2) is 8.97. The minimum atomic E-state index is -3.30. The van der Waals surface area contributed by atoms with Gasteiger partial charge in [0.2, 0.25) is 0 Å².